The monoisotopic (exact) mass is 416 g/mol. The van der Waals surface area contributed by atoms with Crippen LogP contribution in [0.2, 0.25) is 0 Å². The van der Waals surface area contributed by atoms with Gasteiger partial charge in [0.2, 0.25) is 0 Å². The zero-order chi connectivity index (χ0) is 21.7. The highest BCUT2D eigenvalue weighted by Crippen LogP contribution is 2.25. The zero-order valence-electron chi connectivity index (χ0n) is 16.0. The molecule has 0 aliphatic carbocycles. The molecular formula is C24H17F5O. The standard InChI is InChI=1S/C24H17F5O/c1-2-3-15-4-8-17(9-5-15)18-13-20(25)19(21(26)14-18)10-6-16-7-11-23(22(27)12-16)30-24(28)29/h4-5,7-9,11-14,24H,2-3H2,1H3. The van der Waals surface area contributed by atoms with E-state index in [4.69, 9.17) is 0 Å². The van der Waals surface area contributed by atoms with Crippen LogP contribution in [0.1, 0.15) is 30.0 Å². The molecule has 3 aromatic rings. The van der Waals surface area contributed by atoms with E-state index in [1.807, 2.05) is 12.1 Å². The van der Waals surface area contributed by atoms with Crippen molar-refractivity contribution < 1.29 is 26.7 Å². The third-order valence-corrected chi connectivity index (χ3v) is 4.35. The van der Waals surface area contributed by atoms with Crippen molar-refractivity contribution in [2.24, 2.45) is 0 Å². The van der Waals surface area contributed by atoms with Gasteiger partial charge in [-0.25, -0.2) is 13.2 Å². The van der Waals surface area contributed by atoms with Gasteiger partial charge in [0.1, 0.15) is 11.6 Å². The van der Waals surface area contributed by atoms with E-state index in [0.717, 1.165) is 30.5 Å². The van der Waals surface area contributed by atoms with Crippen molar-refractivity contribution in [1.82, 2.24) is 0 Å². The van der Waals surface area contributed by atoms with Gasteiger partial charge in [0, 0.05) is 5.56 Å². The van der Waals surface area contributed by atoms with Gasteiger partial charge >= 0.3 is 6.61 Å². The molecule has 0 aromatic heterocycles. The van der Waals surface area contributed by atoms with Gasteiger partial charge in [0.15, 0.2) is 11.6 Å². The first-order valence-corrected chi connectivity index (χ1v) is 9.22. The predicted molar refractivity (Wildman–Crippen MR) is 105 cm³/mol. The second-order valence-corrected chi connectivity index (χ2v) is 6.54. The minimum atomic E-state index is -3.17. The Morgan fingerprint density at radius 2 is 1.47 bits per heavy atom. The Morgan fingerprint density at radius 1 is 0.800 bits per heavy atom. The molecule has 0 fully saturated rings. The highest BCUT2D eigenvalue weighted by molar-refractivity contribution is 5.65. The number of hydrogen-bond acceptors (Lipinski definition) is 1. The summed E-state index contributed by atoms with van der Waals surface area (Å²) in [5.74, 6) is 1.37. The fourth-order valence-electron chi connectivity index (χ4n) is 2.92. The molecule has 3 aromatic carbocycles. The summed E-state index contributed by atoms with van der Waals surface area (Å²) >= 11 is 0. The van der Waals surface area contributed by atoms with Crippen LogP contribution in [0, 0.1) is 29.3 Å². The lowest BCUT2D eigenvalue weighted by atomic mass is 10.0. The van der Waals surface area contributed by atoms with E-state index >= 15 is 0 Å². The first kappa shape index (κ1) is 21.4. The summed E-state index contributed by atoms with van der Waals surface area (Å²) in [6, 6.07) is 12.8. The van der Waals surface area contributed by atoms with Crippen LogP contribution in [-0.4, -0.2) is 6.61 Å². The van der Waals surface area contributed by atoms with Crippen molar-refractivity contribution in [1.29, 1.82) is 0 Å². The van der Waals surface area contributed by atoms with E-state index in [2.05, 4.69) is 23.5 Å². The maximum atomic E-state index is 14.5. The molecule has 154 valence electrons. The van der Waals surface area contributed by atoms with Crippen molar-refractivity contribution in [3.05, 3.63) is 88.7 Å². The molecule has 0 radical (unpaired) electrons. The first-order chi connectivity index (χ1) is 14.4. The minimum Gasteiger partial charge on any atom is -0.432 e. The maximum absolute atomic E-state index is 14.5. The van der Waals surface area contributed by atoms with E-state index in [9.17, 15) is 22.0 Å². The molecule has 0 amide bonds. The summed E-state index contributed by atoms with van der Waals surface area (Å²) in [6.07, 6.45) is 1.93. The Labute approximate surface area is 171 Å². The summed E-state index contributed by atoms with van der Waals surface area (Å²) in [5, 5.41) is 0. The minimum absolute atomic E-state index is 0.0588. The molecule has 0 saturated heterocycles. The van der Waals surface area contributed by atoms with Crippen molar-refractivity contribution >= 4 is 0 Å². The average molecular weight is 416 g/mol. The van der Waals surface area contributed by atoms with Gasteiger partial charge in [-0.2, -0.15) is 8.78 Å². The maximum Gasteiger partial charge on any atom is 0.387 e. The van der Waals surface area contributed by atoms with Crippen molar-refractivity contribution in [2.75, 3.05) is 0 Å². The summed E-state index contributed by atoms with van der Waals surface area (Å²) in [4.78, 5) is 0. The lowest BCUT2D eigenvalue weighted by Crippen LogP contribution is -2.03. The van der Waals surface area contributed by atoms with Crippen LogP contribution in [0.15, 0.2) is 54.6 Å². The molecule has 30 heavy (non-hydrogen) atoms. The molecular weight excluding hydrogens is 399 g/mol. The number of halogens is 5. The van der Waals surface area contributed by atoms with Gasteiger partial charge < -0.3 is 4.74 Å². The van der Waals surface area contributed by atoms with Gasteiger partial charge in [-0.1, -0.05) is 49.5 Å². The Kier molecular flexibility index (Phi) is 6.73. The zero-order valence-corrected chi connectivity index (χ0v) is 16.0. The van der Waals surface area contributed by atoms with Gasteiger partial charge in [-0.05, 0) is 53.4 Å². The lowest BCUT2D eigenvalue weighted by Gasteiger charge is -2.06. The molecule has 0 aliphatic rings. The number of rotatable bonds is 5. The van der Waals surface area contributed by atoms with Crippen LogP contribution < -0.4 is 4.74 Å². The quantitative estimate of drug-likeness (QED) is 0.331. The number of ether oxygens (including phenoxy) is 1. The van der Waals surface area contributed by atoms with Crippen LogP contribution in [-0.2, 0) is 6.42 Å². The third kappa shape index (κ3) is 5.18. The first-order valence-electron chi connectivity index (χ1n) is 9.22. The number of aryl methyl sites for hydroxylation is 1. The van der Waals surface area contributed by atoms with E-state index in [1.54, 1.807) is 12.1 Å². The number of alkyl halides is 2. The number of benzene rings is 3. The molecule has 0 saturated carbocycles. The topological polar surface area (TPSA) is 9.23 Å². The Hall–Kier alpha value is -3.33. The van der Waals surface area contributed by atoms with E-state index in [0.29, 0.717) is 11.1 Å². The molecule has 0 bridgehead atoms. The molecule has 0 spiro atoms. The van der Waals surface area contributed by atoms with Crippen LogP contribution in [0.4, 0.5) is 22.0 Å². The molecule has 0 unspecified atom stereocenters. The second kappa shape index (κ2) is 9.45. The summed E-state index contributed by atoms with van der Waals surface area (Å²) in [7, 11) is 0. The predicted octanol–water partition coefficient (Wildman–Crippen LogP) is 6.72. The molecule has 0 aliphatic heterocycles. The molecule has 0 atom stereocenters. The molecule has 3 rings (SSSR count). The summed E-state index contributed by atoms with van der Waals surface area (Å²) in [6.45, 7) is -1.10. The molecule has 6 heteroatoms. The molecule has 0 N–H and O–H groups in total. The highest BCUT2D eigenvalue weighted by atomic mass is 19.3. The van der Waals surface area contributed by atoms with Crippen LogP contribution in [0.3, 0.4) is 0 Å². The Bertz CT molecular complexity index is 1070. The van der Waals surface area contributed by atoms with Gasteiger partial charge in [-0.15, -0.1) is 0 Å². The fraction of sp³-hybridized carbons (Fsp3) is 0.167. The van der Waals surface area contributed by atoms with Crippen LogP contribution in [0.25, 0.3) is 11.1 Å². The number of hydrogen-bond donors (Lipinski definition) is 0. The second-order valence-electron chi connectivity index (χ2n) is 6.54. The van der Waals surface area contributed by atoms with Gasteiger partial charge in [-0.3, -0.25) is 0 Å². The average Bonchev–Trinajstić information content (AvgIpc) is 2.70. The van der Waals surface area contributed by atoms with Gasteiger partial charge in [0.05, 0.1) is 5.56 Å². The third-order valence-electron chi connectivity index (χ3n) is 4.35. The Morgan fingerprint density at radius 3 is 2.03 bits per heavy atom. The van der Waals surface area contributed by atoms with Crippen LogP contribution in [0.5, 0.6) is 5.75 Å². The van der Waals surface area contributed by atoms with E-state index in [-0.39, 0.29) is 5.56 Å². The van der Waals surface area contributed by atoms with Crippen LogP contribution >= 0.6 is 0 Å². The van der Waals surface area contributed by atoms with E-state index in [1.165, 1.54) is 18.2 Å². The van der Waals surface area contributed by atoms with E-state index < -0.39 is 35.4 Å². The van der Waals surface area contributed by atoms with Crippen molar-refractivity contribution in [3.63, 3.8) is 0 Å². The molecule has 1 nitrogen and oxygen atoms in total. The Balaban J connectivity index is 1.86. The van der Waals surface area contributed by atoms with Crippen molar-refractivity contribution in [2.45, 2.75) is 26.4 Å². The SMILES string of the molecule is CCCc1ccc(-c2cc(F)c(C#Cc3ccc(OC(F)F)c(F)c3)c(F)c2)cc1. The normalized spacial score (nSPS) is 10.6. The largest absolute Gasteiger partial charge is 0.432 e. The molecule has 0 heterocycles. The summed E-state index contributed by atoms with van der Waals surface area (Å²) in [5.41, 5.74) is 1.78. The fourth-order valence-corrected chi connectivity index (χ4v) is 2.92. The summed E-state index contributed by atoms with van der Waals surface area (Å²) < 4.78 is 71.0. The van der Waals surface area contributed by atoms with Gasteiger partial charge in [0.25, 0.3) is 0 Å². The highest BCUT2D eigenvalue weighted by Gasteiger charge is 2.12. The van der Waals surface area contributed by atoms with Crippen molar-refractivity contribution in [3.8, 4) is 28.7 Å². The lowest BCUT2D eigenvalue weighted by molar-refractivity contribution is -0.0521. The smallest absolute Gasteiger partial charge is 0.387 e.